The number of alkyl halides is 2. The number of hydrogen-bond donors (Lipinski definition) is 1. The number of halogens is 2. The predicted molar refractivity (Wildman–Crippen MR) is 49.9 cm³/mol. The summed E-state index contributed by atoms with van der Waals surface area (Å²) < 4.78 is 47.6. The maximum absolute atomic E-state index is 12.5. The van der Waals surface area contributed by atoms with E-state index in [1.165, 1.54) is 13.8 Å². The Morgan fingerprint density at radius 2 is 1.80 bits per heavy atom. The highest BCUT2D eigenvalue weighted by Crippen LogP contribution is 2.47. The van der Waals surface area contributed by atoms with Crippen LogP contribution >= 0.6 is 0 Å². The van der Waals surface area contributed by atoms with Crippen molar-refractivity contribution in [3.05, 3.63) is 0 Å². The first-order chi connectivity index (χ1) is 6.73. The van der Waals surface area contributed by atoms with Gasteiger partial charge >= 0.3 is 0 Å². The summed E-state index contributed by atoms with van der Waals surface area (Å²) in [5.74, 6) is -1.30. The van der Waals surface area contributed by atoms with Gasteiger partial charge in [0.2, 0.25) is 15.9 Å². The topological polar surface area (TPSA) is 63.2 Å². The third-order valence-corrected chi connectivity index (χ3v) is 4.56. The van der Waals surface area contributed by atoms with Gasteiger partial charge in [-0.2, -0.15) is 0 Å². The summed E-state index contributed by atoms with van der Waals surface area (Å²) >= 11 is 0. The van der Waals surface area contributed by atoms with Crippen molar-refractivity contribution in [1.29, 1.82) is 0 Å². The van der Waals surface area contributed by atoms with Crippen molar-refractivity contribution in [2.24, 2.45) is 5.92 Å². The molecule has 0 aromatic carbocycles. The Morgan fingerprint density at radius 3 is 2.07 bits per heavy atom. The molecule has 1 rings (SSSR count). The van der Waals surface area contributed by atoms with Crippen molar-refractivity contribution in [3.8, 4) is 0 Å². The van der Waals surface area contributed by atoms with Crippen molar-refractivity contribution in [2.75, 3.05) is 0 Å². The fourth-order valence-electron chi connectivity index (χ4n) is 1.08. The highest BCUT2D eigenvalue weighted by Gasteiger charge is 2.62. The second kappa shape index (κ2) is 3.70. The molecule has 0 aromatic heterocycles. The molecular formula is C8H13F2NO3S. The number of carbonyl (C=O) groups excluding carboxylic acids is 1. The smallest absolute Gasteiger partial charge is 0.259 e. The molecule has 1 amide bonds. The monoisotopic (exact) mass is 241 g/mol. The molecule has 88 valence electrons. The van der Waals surface area contributed by atoms with Crippen LogP contribution < -0.4 is 4.72 Å². The van der Waals surface area contributed by atoms with Crippen LogP contribution in [-0.4, -0.2) is 25.5 Å². The zero-order chi connectivity index (χ0) is 11.9. The van der Waals surface area contributed by atoms with E-state index in [4.69, 9.17) is 0 Å². The maximum atomic E-state index is 12.5. The molecule has 0 heterocycles. The van der Waals surface area contributed by atoms with Crippen LogP contribution in [0.5, 0.6) is 0 Å². The second-order valence-corrected chi connectivity index (χ2v) is 6.01. The van der Waals surface area contributed by atoms with E-state index in [1.807, 2.05) is 0 Å². The summed E-state index contributed by atoms with van der Waals surface area (Å²) in [5.41, 5.74) is 0. The summed E-state index contributed by atoms with van der Waals surface area (Å²) in [6.07, 6.45) is -3.13. The lowest BCUT2D eigenvalue weighted by Crippen LogP contribution is -2.44. The summed E-state index contributed by atoms with van der Waals surface area (Å²) in [5, 5.41) is 0. The third-order valence-electron chi connectivity index (χ3n) is 2.44. The summed E-state index contributed by atoms with van der Waals surface area (Å²) in [4.78, 5) is 11.1. The number of carbonyl (C=O) groups is 1. The van der Waals surface area contributed by atoms with Crippen LogP contribution in [0.25, 0.3) is 0 Å². The molecule has 0 saturated heterocycles. The predicted octanol–water partition coefficient (Wildman–Crippen LogP) is 0.886. The zero-order valence-electron chi connectivity index (χ0n) is 8.46. The van der Waals surface area contributed by atoms with Crippen molar-refractivity contribution in [3.63, 3.8) is 0 Å². The molecule has 0 spiro atoms. The number of amides is 1. The summed E-state index contributed by atoms with van der Waals surface area (Å²) in [6, 6.07) is 0. The molecule has 7 heteroatoms. The molecule has 0 radical (unpaired) electrons. The van der Waals surface area contributed by atoms with E-state index in [0.29, 0.717) is 0 Å². The lowest BCUT2D eigenvalue weighted by atomic mass is 10.2. The van der Waals surface area contributed by atoms with E-state index in [0.717, 1.165) is 0 Å². The van der Waals surface area contributed by atoms with E-state index in [1.54, 1.807) is 4.72 Å². The molecule has 1 N–H and O–H groups in total. The number of sulfonamides is 1. The van der Waals surface area contributed by atoms with Gasteiger partial charge in [0.05, 0.1) is 0 Å². The van der Waals surface area contributed by atoms with Gasteiger partial charge in [0.15, 0.2) is 4.75 Å². The van der Waals surface area contributed by atoms with Crippen molar-refractivity contribution >= 4 is 15.9 Å². The number of rotatable bonds is 4. The molecule has 1 saturated carbocycles. The van der Waals surface area contributed by atoms with Crippen molar-refractivity contribution in [1.82, 2.24) is 4.72 Å². The van der Waals surface area contributed by atoms with E-state index in [2.05, 4.69) is 0 Å². The number of hydrogen-bond acceptors (Lipinski definition) is 3. The quantitative estimate of drug-likeness (QED) is 0.795. The molecular weight excluding hydrogens is 228 g/mol. The minimum absolute atomic E-state index is 0.0919. The van der Waals surface area contributed by atoms with Gasteiger partial charge in [0.1, 0.15) is 0 Å². The Hall–Kier alpha value is -0.720. The van der Waals surface area contributed by atoms with Crippen LogP contribution in [0, 0.1) is 5.92 Å². The van der Waals surface area contributed by atoms with Crippen LogP contribution in [0.2, 0.25) is 0 Å². The van der Waals surface area contributed by atoms with Crippen LogP contribution in [0.1, 0.15) is 26.7 Å². The van der Waals surface area contributed by atoms with Gasteiger partial charge in [-0.15, -0.1) is 0 Å². The highest BCUT2D eigenvalue weighted by atomic mass is 32.2. The van der Waals surface area contributed by atoms with Crippen molar-refractivity contribution in [2.45, 2.75) is 37.9 Å². The molecule has 0 atom stereocenters. The van der Waals surface area contributed by atoms with Crippen LogP contribution in [0.15, 0.2) is 0 Å². The molecule has 1 aliphatic carbocycles. The molecule has 0 aromatic rings. The van der Waals surface area contributed by atoms with Gasteiger partial charge in [0.25, 0.3) is 6.43 Å². The molecule has 1 fully saturated rings. The average molecular weight is 241 g/mol. The van der Waals surface area contributed by atoms with E-state index >= 15 is 0 Å². The lowest BCUT2D eigenvalue weighted by molar-refractivity contribution is -0.122. The Bertz CT molecular complexity index is 360. The SMILES string of the molecule is CC(C)C(=O)NS(=O)(=O)C1(C(F)F)CC1. The van der Waals surface area contributed by atoms with Crippen LogP contribution in [0.3, 0.4) is 0 Å². The molecule has 0 aliphatic heterocycles. The first-order valence-corrected chi connectivity index (χ1v) is 6.05. The normalized spacial score (nSPS) is 19.3. The van der Waals surface area contributed by atoms with Gasteiger partial charge in [-0.1, -0.05) is 13.8 Å². The fourth-order valence-corrected chi connectivity index (χ4v) is 2.66. The van der Waals surface area contributed by atoms with Gasteiger partial charge < -0.3 is 0 Å². The summed E-state index contributed by atoms with van der Waals surface area (Å²) in [7, 11) is -4.24. The van der Waals surface area contributed by atoms with Gasteiger partial charge in [0, 0.05) is 5.92 Å². The van der Waals surface area contributed by atoms with E-state index in [9.17, 15) is 22.0 Å². The average Bonchev–Trinajstić information content (AvgIpc) is 2.82. The van der Waals surface area contributed by atoms with Crippen molar-refractivity contribution < 1.29 is 22.0 Å². The fraction of sp³-hybridized carbons (Fsp3) is 0.875. The van der Waals surface area contributed by atoms with Gasteiger partial charge in [-0.05, 0) is 12.8 Å². The summed E-state index contributed by atoms with van der Waals surface area (Å²) in [6.45, 7) is 2.99. The third kappa shape index (κ3) is 2.11. The Kier molecular flexibility index (Phi) is 3.04. The van der Waals surface area contributed by atoms with E-state index in [-0.39, 0.29) is 12.8 Å². The molecule has 0 unspecified atom stereocenters. The van der Waals surface area contributed by atoms with Gasteiger partial charge in [-0.3, -0.25) is 9.52 Å². The van der Waals surface area contributed by atoms with Crippen LogP contribution in [0.4, 0.5) is 8.78 Å². The highest BCUT2D eigenvalue weighted by molar-refractivity contribution is 7.91. The molecule has 1 aliphatic rings. The van der Waals surface area contributed by atoms with E-state index < -0.39 is 33.0 Å². The molecule has 0 bridgehead atoms. The largest absolute Gasteiger partial charge is 0.274 e. The first kappa shape index (κ1) is 12.4. The minimum atomic E-state index is -4.24. The zero-order valence-corrected chi connectivity index (χ0v) is 9.27. The Morgan fingerprint density at radius 1 is 1.33 bits per heavy atom. The number of nitrogens with one attached hydrogen (secondary N) is 1. The minimum Gasteiger partial charge on any atom is -0.274 e. The Balaban J connectivity index is 2.82. The molecule has 4 nitrogen and oxygen atoms in total. The van der Waals surface area contributed by atoms with Gasteiger partial charge in [-0.25, -0.2) is 17.2 Å². The molecule has 15 heavy (non-hydrogen) atoms. The second-order valence-electron chi connectivity index (χ2n) is 3.99. The maximum Gasteiger partial charge on any atom is 0.259 e. The Labute approximate surface area is 87.1 Å². The lowest BCUT2D eigenvalue weighted by Gasteiger charge is -2.16. The van der Waals surface area contributed by atoms with Crippen LogP contribution in [-0.2, 0) is 14.8 Å². The first-order valence-electron chi connectivity index (χ1n) is 4.57. The standard InChI is InChI=1S/C8H13F2NO3S/c1-5(2)6(12)11-15(13,14)8(3-4-8)7(9)10/h5,7H,3-4H2,1-2H3,(H,11,12).